The molecule has 12 heteroatoms. The van der Waals surface area contributed by atoms with Crippen LogP contribution in [0.2, 0.25) is 0 Å². The van der Waals surface area contributed by atoms with Crippen molar-refractivity contribution in [2.24, 2.45) is 5.92 Å². The molecule has 2 aromatic rings. The first-order valence-corrected chi connectivity index (χ1v) is 14.5. The molecule has 1 heterocycles. The monoisotopic (exact) mass is 561 g/mol. The SMILES string of the molecule is COc1ccc(S(=O)(=O)N(Cc2ccc3c(c2)OCO3)[C@H](CCC(=O)NCC2CCCCC2)C(=O)NO)cc1. The van der Waals surface area contributed by atoms with Gasteiger partial charge in [-0.15, -0.1) is 0 Å². The molecule has 1 aliphatic heterocycles. The number of hydroxylamine groups is 1. The van der Waals surface area contributed by atoms with E-state index in [4.69, 9.17) is 14.2 Å². The van der Waals surface area contributed by atoms with Crippen LogP contribution in [0.3, 0.4) is 0 Å². The number of fused-ring (bicyclic) bond motifs is 1. The van der Waals surface area contributed by atoms with E-state index in [1.807, 2.05) is 0 Å². The summed E-state index contributed by atoms with van der Waals surface area (Å²) >= 11 is 0. The lowest BCUT2D eigenvalue weighted by molar-refractivity contribution is -0.133. The molecule has 0 aromatic heterocycles. The fraction of sp³-hybridized carbons (Fsp3) is 0.481. The summed E-state index contributed by atoms with van der Waals surface area (Å²) in [6, 6.07) is 9.38. The Morgan fingerprint density at radius 3 is 2.49 bits per heavy atom. The molecule has 2 amide bonds. The number of methoxy groups -OCH3 is 1. The van der Waals surface area contributed by atoms with Gasteiger partial charge in [-0.3, -0.25) is 14.8 Å². The van der Waals surface area contributed by atoms with Gasteiger partial charge in [-0.05, 0) is 67.1 Å². The van der Waals surface area contributed by atoms with Crippen molar-refractivity contribution in [1.82, 2.24) is 15.1 Å². The first-order chi connectivity index (χ1) is 18.8. The molecule has 39 heavy (non-hydrogen) atoms. The third-order valence-corrected chi connectivity index (χ3v) is 9.03. The van der Waals surface area contributed by atoms with Crippen molar-refractivity contribution in [1.29, 1.82) is 0 Å². The first kappa shape index (κ1) is 28.7. The minimum Gasteiger partial charge on any atom is -0.497 e. The maximum absolute atomic E-state index is 13.9. The molecule has 3 N–H and O–H groups in total. The molecule has 2 aliphatic rings. The standard InChI is InChI=1S/C27H35N3O8S/c1-36-21-8-10-22(11-9-21)39(34,35)30(17-20-7-13-24-25(15-20)38-18-37-24)23(27(32)29-33)12-14-26(31)28-16-19-5-3-2-4-6-19/h7-11,13,15,19,23,33H,2-6,12,14,16-18H2,1H3,(H,28,31)(H,29,32)/t23-/m1/s1. The Labute approximate surface area is 228 Å². The molecule has 0 saturated heterocycles. The van der Waals surface area contributed by atoms with Gasteiger partial charge in [0.15, 0.2) is 11.5 Å². The van der Waals surface area contributed by atoms with Crippen molar-refractivity contribution in [3.05, 3.63) is 48.0 Å². The van der Waals surface area contributed by atoms with E-state index in [9.17, 15) is 23.2 Å². The molecule has 0 radical (unpaired) electrons. The molecule has 0 unspecified atom stereocenters. The van der Waals surface area contributed by atoms with E-state index in [1.165, 1.54) is 37.8 Å². The summed E-state index contributed by atoms with van der Waals surface area (Å²) < 4.78 is 44.7. The van der Waals surface area contributed by atoms with Gasteiger partial charge in [-0.1, -0.05) is 25.3 Å². The Balaban J connectivity index is 1.57. The van der Waals surface area contributed by atoms with Gasteiger partial charge in [0.2, 0.25) is 22.7 Å². The molecule has 212 valence electrons. The molecule has 4 rings (SSSR count). The predicted octanol–water partition coefficient (Wildman–Crippen LogP) is 2.97. The van der Waals surface area contributed by atoms with Crippen LogP contribution in [0.5, 0.6) is 17.2 Å². The van der Waals surface area contributed by atoms with E-state index in [1.54, 1.807) is 23.7 Å². The Kier molecular flexibility index (Phi) is 9.65. The summed E-state index contributed by atoms with van der Waals surface area (Å²) in [5, 5.41) is 12.4. The van der Waals surface area contributed by atoms with Crippen LogP contribution in [-0.2, 0) is 26.2 Å². The van der Waals surface area contributed by atoms with Crippen LogP contribution < -0.4 is 25.0 Å². The van der Waals surface area contributed by atoms with Gasteiger partial charge in [0.05, 0.1) is 12.0 Å². The van der Waals surface area contributed by atoms with Gasteiger partial charge < -0.3 is 19.5 Å². The fourth-order valence-corrected chi connectivity index (χ4v) is 6.56. The van der Waals surface area contributed by atoms with Crippen LogP contribution in [0, 0.1) is 5.92 Å². The van der Waals surface area contributed by atoms with Gasteiger partial charge in [-0.25, -0.2) is 13.9 Å². The highest BCUT2D eigenvalue weighted by Gasteiger charge is 2.36. The summed E-state index contributed by atoms with van der Waals surface area (Å²) in [5.74, 6) is 0.670. The fourth-order valence-electron chi connectivity index (χ4n) is 4.95. The minimum atomic E-state index is -4.27. The lowest BCUT2D eigenvalue weighted by Gasteiger charge is -2.30. The van der Waals surface area contributed by atoms with E-state index < -0.39 is 22.0 Å². The van der Waals surface area contributed by atoms with E-state index >= 15 is 0 Å². The zero-order valence-electron chi connectivity index (χ0n) is 21.9. The Morgan fingerprint density at radius 1 is 1.08 bits per heavy atom. The number of amides is 2. The molecule has 1 fully saturated rings. The van der Waals surface area contributed by atoms with Crippen molar-refractivity contribution >= 4 is 21.8 Å². The number of benzene rings is 2. The molecule has 0 bridgehead atoms. The molecule has 1 saturated carbocycles. The third kappa shape index (κ3) is 7.20. The normalized spacial score (nSPS) is 16.1. The number of carbonyl (C=O) groups excluding carboxylic acids is 2. The highest BCUT2D eigenvalue weighted by Crippen LogP contribution is 2.34. The maximum Gasteiger partial charge on any atom is 0.261 e. The average molecular weight is 562 g/mol. The van der Waals surface area contributed by atoms with Gasteiger partial charge in [0.25, 0.3) is 5.91 Å². The highest BCUT2D eigenvalue weighted by atomic mass is 32.2. The molecule has 1 aliphatic carbocycles. The van der Waals surface area contributed by atoms with Crippen LogP contribution in [0.15, 0.2) is 47.4 Å². The number of nitrogens with one attached hydrogen (secondary N) is 2. The third-order valence-electron chi connectivity index (χ3n) is 7.16. The second-order valence-electron chi connectivity index (χ2n) is 9.75. The highest BCUT2D eigenvalue weighted by molar-refractivity contribution is 7.89. The second kappa shape index (κ2) is 13.1. The largest absolute Gasteiger partial charge is 0.497 e. The first-order valence-electron chi connectivity index (χ1n) is 13.1. The molecule has 0 spiro atoms. The molecule has 2 aromatic carbocycles. The zero-order valence-corrected chi connectivity index (χ0v) is 22.7. The lowest BCUT2D eigenvalue weighted by Crippen LogP contribution is -2.49. The topological polar surface area (TPSA) is 144 Å². The van der Waals surface area contributed by atoms with Gasteiger partial charge >= 0.3 is 0 Å². The van der Waals surface area contributed by atoms with Crippen LogP contribution >= 0.6 is 0 Å². The van der Waals surface area contributed by atoms with Crippen molar-refractivity contribution in [3.8, 4) is 17.2 Å². The molecular weight excluding hydrogens is 526 g/mol. The van der Waals surface area contributed by atoms with Crippen molar-refractivity contribution in [3.63, 3.8) is 0 Å². The molecule has 1 atom stereocenters. The number of ether oxygens (including phenoxy) is 3. The number of hydrogen-bond acceptors (Lipinski definition) is 8. The van der Waals surface area contributed by atoms with E-state index in [2.05, 4.69) is 5.32 Å². The lowest BCUT2D eigenvalue weighted by atomic mass is 9.89. The molecular formula is C27H35N3O8S. The van der Waals surface area contributed by atoms with Crippen LogP contribution in [0.4, 0.5) is 0 Å². The Hall–Kier alpha value is -3.35. The number of nitrogens with zero attached hydrogens (tertiary/aromatic N) is 1. The van der Waals surface area contributed by atoms with Gasteiger partial charge in [0.1, 0.15) is 11.8 Å². The minimum absolute atomic E-state index is 0.0537. The molecule has 11 nitrogen and oxygen atoms in total. The summed E-state index contributed by atoms with van der Waals surface area (Å²) in [6.45, 7) is 0.395. The van der Waals surface area contributed by atoms with E-state index in [-0.39, 0.29) is 37.0 Å². The second-order valence-corrected chi connectivity index (χ2v) is 11.6. The maximum atomic E-state index is 13.9. The average Bonchev–Trinajstić information content (AvgIpc) is 3.44. The van der Waals surface area contributed by atoms with Crippen molar-refractivity contribution < 1.29 is 37.4 Å². The van der Waals surface area contributed by atoms with Crippen LogP contribution in [0.25, 0.3) is 0 Å². The van der Waals surface area contributed by atoms with Gasteiger partial charge in [-0.2, -0.15) is 4.31 Å². The Bertz CT molecular complexity index is 1250. The predicted molar refractivity (Wildman–Crippen MR) is 141 cm³/mol. The number of hydrogen-bond donors (Lipinski definition) is 3. The van der Waals surface area contributed by atoms with E-state index in [0.717, 1.165) is 30.0 Å². The summed E-state index contributed by atoms with van der Waals surface area (Å²) in [7, 11) is -2.80. The number of sulfonamides is 1. The van der Waals surface area contributed by atoms with Crippen LogP contribution in [0.1, 0.15) is 50.5 Å². The van der Waals surface area contributed by atoms with Crippen molar-refractivity contribution in [2.75, 3.05) is 20.4 Å². The zero-order chi connectivity index (χ0) is 27.8. The summed E-state index contributed by atoms with van der Waals surface area (Å²) in [4.78, 5) is 25.5. The summed E-state index contributed by atoms with van der Waals surface area (Å²) in [6.07, 6.45) is 5.42. The van der Waals surface area contributed by atoms with Crippen molar-refractivity contribution in [2.45, 2.75) is 62.4 Å². The smallest absolute Gasteiger partial charge is 0.261 e. The quantitative estimate of drug-likeness (QED) is 0.265. The summed E-state index contributed by atoms with van der Waals surface area (Å²) in [5.41, 5.74) is 2.12. The van der Waals surface area contributed by atoms with Crippen LogP contribution in [-0.4, -0.2) is 56.2 Å². The van der Waals surface area contributed by atoms with E-state index in [0.29, 0.717) is 35.3 Å². The Morgan fingerprint density at radius 2 is 1.79 bits per heavy atom. The number of rotatable bonds is 12. The van der Waals surface area contributed by atoms with Gasteiger partial charge in [0, 0.05) is 19.5 Å². The number of carbonyl (C=O) groups is 2.